The fourth-order valence-corrected chi connectivity index (χ4v) is 2.93. The van der Waals surface area contributed by atoms with Crippen molar-refractivity contribution in [3.63, 3.8) is 0 Å². The van der Waals surface area contributed by atoms with Crippen LogP contribution < -0.4 is 20.7 Å². The summed E-state index contributed by atoms with van der Waals surface area (Å²) in [4.78, 5) is 16.2. The summed E-state index contributed by atoms with van der Waals surface area (Å²) < 4.78 is 16.7. The fraction of sp³-hybridized carbons (Fsp3) is 0.429. The predicted molar refractivity (Wildman–Crippen MR) is 110 cm³/mol. The van der Waals surface area contributed by atoms with Gasteiger partial charge in [-0.15, -0.1) is 0 Å². The number of aliphatic imine (C=N–C) groups is 1. The molecule has 8 nitrogen and oxygen atoms in total. The minimum atomic E-state index is -0.148. The van der Waals surface area contributed by atoms with Crippen molar-refractivity contribution in [3.8, 4) is 5.75 Å². The molecule has 1 aromatic heterocycles. The molecule has 1 aliphatic rings. The summed E-state index contributed by atoms with van der Waals surface area (Å²) in [6.45, 7) is 4.39. The molecule has 0 spiro atoms. The highest BCUT2D eigenvalue weighted by atomic mass is 16.5. The van der Waals surface area contributed by atoms with Gasteiger partial charge in [-0.2, -0.15) is 0 Å². The molecule has 1 aromatic carbocycles. The van der Waals surface area contributed by atoms with Crippen molar-refractivity contribution in [2.45, 2.75) is 32.5 Å². The van der Waals surface area contributed by atoms with Crippen LogP contribution in [-0.2, 0) is 22.6 Å². The number of amides is 1. The Bertz CT molecular complexity index is 814. The van der Waals surface area contributed by atoms with Gasteiger partial charge in [0.1, 0.15) is 17.6 Å². The van der Waals surface area contributed by atoms with Crippen LogP contribution in [0.4, 0.5) is 0 Å². The van der Waals surface area contributed by atoms with Crippen molar-refractivity contribution in [2.75, 3.05) is 26.8 Å². The van der Waals surface area contributed by atoms with Gasteiger partial charge in [0.25, 0.3) is 0 Å². The summed E-state index contributed by atoms with van der Waals surface area (Å²) in [5.74, 6) is 1.94. The largest absolute Gasteiger partial charge is 0.488 e. The maximum Gasteiger partial charge on any atom is 0.239 e. The van der Waals surface area contributed by atoms with E-state index in [0.29, 0.717) is 31.4 Å². The Hall–Kier alpha value is -3.00. The van der Waals surface area contributed by atoms with Crippen LogP contribution in [0.2, 0.25) is 0 Å². The van der Waals surface area contributed by atoms with E-state index in [9.17, 15) is 4.79 Å². The minimum absolute atomic E-state index is 0.0887. The number of guanidine groups is 1. The van der Waals surface area contributed by atoms with Crippen LogP contribution in [0.3, 0.4) is 0 Å². The van der Waals surface area contributed by atoms with Crippen LogP contribution in [0.5, 0.6) is 5.75 Å². The van der Waals surface area contributed by atoms with Gasteiger partial charge in [-0.1, -0.05) is 12.1 Å². The molecule has 156 valence electrons. The molecule has 2 aromatic rings. The van der Waals surface area contributed by atoms with Gasteiger partial charge in [-0.3, -0.25) is 9.79 Å². The first-order valence-corrected chi connectivity index (χ1v) is 9.71. The molecule has 1 amide bonds. The van der Waals surface area contributed by atoms with Crippen LogP contribution in [0.15, 0.2) is 46.0 Å². The predicted octanol–water partition coefficient (Wildman–Crippen LogP) is 1.74. The maximum absolute atomic E-state index is 12.0. The van der Waals surface area contributed by atoms with Gasteiger partial charge in [0.05, 0.1) is 32.6 Å². The second kappa shape index (κ2) is 10.5. The molecule has 0 aliphatic carbocycles. The quantitative estimate of drug-likeness (QED) is 0.461. The van der Waals surface area contributed by atoms with E-state index in [0.717, 1.165) is 29.9 Å². The summed E-state index contributed by atoms with van der Waals surface area (Å²) in [7, 11) is 1.67. The van der Waals surface area contributed by atoms with Crippen LogP contribution in [-0.4, -0.2) is 44.8 Å². The van der Waals surface area contributed by atoms with Crippen molar-refractivity contribution in [2.24, 2.45) is 4.99 Å². The summed E-state index contributed by atoms with van der Waals surface area (Å²) >= 11 is 0. The number of ether oxygens (including phenoxy) is 2. The molecule has 8 heteroatoms. The molecule has 1 unspecified atom stereocenters. The van der Waals surface area contributed by atoms with Gasteiger partial charge in [0.2, 0.25) is 5.91 Å². The number of furan rings is 1. The minimum Gasteiger partial charge on any atom is -0.488 e. The van der Waals surface area contributed by atoms with Gasteiger partial charge < -0.3 is 29.8 Å². The Morgan fingerprint density at radius 1 is 1.24 bits per heavy atom. The summed E-state index contributed by atoms with van der Waals surface area (Å²) in [5, 5.41) is 9.02. The van der Waals surface area contributed by atoms with E-state index in [2.05, 4.69) is 20.9 Å². The Labute approximate surface area is 170 Å². The zero-order chi connectivity index (χ0) is 20.5. The molecule has 1 saturated heterocycles. The number of nitrogens with one attached hydrogen (secondary N) is 3. The number of nitrogens with zero attached hydrogens (tertiary/aromatic N) is 1. The molecule has 0 bridgehead atoms. The number of benzene rings is 1. The third-order valence-corrected chi connectivity index (χ3v) is 4.53. The van der Waals surface area contributed by atoms with Gasteiger partial charge in [0.15, 0.2) is 5.96 Å². The van der Waals surface area contributed by atoms with E-state index in [1.54, 1.807) is 19.4 Å². The number of carbonyl (C=O) groups is 1. The van der Waals surface area contributed by atoms with E-state index in [1.807, 2.05) is 31.2 Å². The van der Waals surface area contributed by atoms with E-state index in [1.165, 1.54) is 0 Å². The van der Waals surface area contributed by atoms with Crippen molar-refractivity contribution in [3.05, 3.63) is 53.5 Å². The van der Waals surface area contributed by atoms with Crippen molar-refractivity contribution < 1.29 is 18.7 Å². The lowest BCUT2D eigenvalue weighted by atomic mass is 10.1. The lowest BCUT2D eigenvalue weighted by molar-refractivity contribution is -0.120. The Balaban J connectivity index is 1.47. The summed E-state index contributed by atoms with van der Waals surface area (Å²) in [5.41, 5.74) is 2.16. The number of aryl methyl sites for hydroxylation is 1. The zero-order valence-electron chi connectivity index (χ0n) is 16.9. The Morgan fingerprint density at radius 2 is 2.14 bits per heavy atom. The molecule has 29 heavy (non-hydrogen) atoms. The number of hydrogen-bond donors (Lipinski definition) is 3. The van der Waals surface area contributed by atoms with Crippen LogP contribution in [0, 0.1) is 6.92 Å². The highest BCUT2D eigenvalue weighted by Gasteiger charge is 2.18. The molecule has 1 fully saturated rings. The number of carbonyl (C=O) groups excluding carboxylic acids is 1. The Kier molecular flexibility index (Phi) is 7.52. The smallest absolute Gasteiger partial charge is 0.239 e. The Morgan fingerprint density at radius 3 is 2.86 bits per heavy atom. The first-order chi connectivity index (χ1) is 14.1. The van der Waals surface area contributed by atoms with Gasteiger partial charge in [-0.25, -0.2) is 0 Å². The van der Waals surface area contributed by atoms with Gasteiger partial charge in [-0.05, 0) is 30.7 Å². The first-order valence-electron chi connectivity index (χ1n) is 9.71. The third kappa shape index (κ3) is 6.53. The van der Waals surface area contributed by atoms with Crippen molar-refractivity contribution >= 4 is 11.9 Å². The summed E-state index contributed by atoms with van der Waals surface area (Å²) in [6, 6.07) is 9.72. The molecule has 0 radical (unpaired) electrons. The topological polar surface area (TPSA) is 97.1 Å². The average Bonchev–Trinajstić information content (AvgIpc) is 3.42. The van der Waals surface area contributed by atoms with Crippen molar-refractivity contribution in [1.29, 1.82) is 0 Å². The second-order valence-electron chi connectivity index (χ2n) is 6.85. The van der Waals surface area contributed by atoms with E-state index >= 15 is 0 Å². The average molecular weight is 400 g/mol. The molecule has 0 saturated carbocycles. The fourth-order valence-electron chi connectivity index (χ4n) is 2.93. The lowest BCUT2D eigenvalue weighted by Crippen LogP contribution is -2.42. The summed E-state index contributed by atoms with van der Waals surface area (Å²) in [6.07, 6.45) is 2.57. The first kappa shape index (κ1) is 20.7. The van der Waals surface area contributed by atoms with Crippen molar-refractivity contribution in [1.82, 2.24) is 16.0 Å². The SMILES string of the molecule is CN=C(NCC(=O)NCc1ccco1)NCc1ccc(C)cc1OC1CCOC1. The molecule has 3 N–H and O–H groups in total. The normalized spacial score (nSPS) is 16.5. The van der Waals surface area contributed by atoms with E-state index in [4.69, 9.17) is 13.9 Å². The van der Waals surface area contributed by atoms with Gasteiger partial charge in [0, 0.05) is 25.6 Å². The molecule has 2 heterocycles. The third-order valence-electron chi connectivity index (χ3n) is 4.53. The second-order valence-corrected chi connectivity index (χ2v) is 6.85. The number of rotatable bonds is 8. The monoisotopic (exact) mass is 400 g/mol. The number of hydrogen-bond acceptors (Lipinski definition) is 5. The van der Waals surface area contributed by atoms with Crippen LogP contribution >= 0.6 is 0 Å². The van der Waals surface area contributed by atoms with Gasteiger partial charge >= 0.3 is 0 Å². The molecule has 1 atom stereocenters. The van der Waals surface area contributed by atoms with E-state index < -0.39 is 0 Å². The lowest BCUT2D eigenvalue weighted by Gasteiger charge is -2.18. The molecular weight excluding hydrogens is 372 g/mol. The van der Waals surface area contributed by atoms with E-state index in [-0.39, 0.29) is 18.6 Å². The molecule has 1 aliphatic heterocycles. The molecular formula is C21H28N4O4. The van der Waals surface area contributed by atoms with Crippen LogP contribution in [0.25, 0.3) is 0 Å². The van der Waals surface area contributed by atoms with Crippen LogP contribution in [0.1, 0.15) is 23.3 Å². The maximum atomic E-state index is 12.0. The highest BCUT2D eigenvalue weighted by molar-refractivity contribution is 5.86. The highest BCUT2D eigenvalue weighted by Crippen LogP contribution is 2.23. The molecule has 3 rings (SSSR count). The standard InChI is InChI=1S/C21H28N4O4/c1-15-5-6-16(19(10-15)29-18-7-9-27-14-18)11-24-21(22-2)25-13-20(26)23-12-17-4-3-8-28-17/h3-6,8,10,18H,7,9,11-14H2,1-2H3,(H,23,26)(H2,22,24,25). The zero-order valence-corrected chi connectivity index (χ0v) is 16.9.